The molecule has 1 heterocycles. The van der Waals surface area contributed by atoms with E-state index in [9.17, 15) is 13.2 Å². The highest BCUT2D eigenvalue weighted by molar-refractivity contribution is 7.89. The van der Waals surface area contributed by atoms with Gasteiger partial charge in [-0.2, -0.15) is 4.98 Å². The number of hydrogen-bond acceptors (Lipinski definition) is 6. The summed E-state index contributed by atoms with van der Waals surface area (Å²) in [6.07, 6.45) is 0. The van der Waals surface area contributed by atoms with Gasteiger partial charge in [-0.25, -0.2) is 17.9 Å². The number of nitrogens with one attached hydrogen (secondary N) is 1. The zero-order chi connectivity index (χ0) is 15.6. The Hall–Kier alpha value is -1.97. The predicted octanol–water partition coefficient (Wildman–Crippen LogP) is 1.21. The summed E-state index contributed by atoms with van der Waals surface area (Å²) in [5.41, 5.74) is -0.187. The monoisotopic (exact) mass is 331 g/mol. The Balaban J connectivity index is 2.26. The third-order valence-electron chi connectivity index (χ3n) is 2.45. The largest absolute Gasteiger partial charge is 0.478 e. The summed E-state index contributed by atoms with van der Waals surface area (Å²) in [6, 6.07) is 3.40. The van der Waals surface area contributed by atoms with Gasteiger partial charge in [0.15, 0.2) is 5.82 Å². The van der Waals surface area contributed by atoms with Crippen molar-refractivity contribution in [2.24, 2.45) is 0 Å². The van der Waals surface area contributed by atoms with Crippen molar-refractivity contribution in [3.63, 3.8) is 0 Å². The van der Waals surface area contributed by atoms with Crippen LogP contribution in [0.4, 0.5) is 0 Å². The summed E-state index contributed by atoms with van der Waals surface area (Å²) in [5.74, 6) is -0.799. The number of aryl methyl sites for hydroxylation is 1. The third kappa shape index (κ3) is 3.57. The molecule has 1 aromatic carbocycles. The first-order valence-corrected chi connectivity index (χ1v) is 7.47. The quantitative estimate of drug-likeness (QED) is 0.844. The van der Waals surface area contributed by atoms with Crippen molar-refractivity contribution in [3.05, 3.63) is 40.5 Å². The van der Waals surface area contributed by atoms with Crippen LogP contribution in [0.2, 0.25) is 5.02 Å². The molecule has 0 spiro atoms. The Labute approximate surface area is 124 Å². The summed E-state index contributed by atoms with van der Waals surface area (Å²) in [7, 11) is -4.01. The van der Waals surface area contributed by atoms with E-state index in [1.165, 1.54) is 12.1 Å². The predicted molar refractivity (Wildman–Crippen MR) is 71.5 cm³/mol. The summed E-state index contributed by atoms with van der Waals surface area (Å²) in [5, 5.41) is 12.3. The SMILES string of the molecule is Cc1noc(CNS(=O)(=O)c2cc(C(=O)O)ccc2Cl)n1. The van der Waals surface area contributed by atoms with Crippen LogP contribution in [0.25, 0.3) is 0 Å². The molecule has 0 radical (unpaired) electrons. The minimum absolute atomic E-state index is 0.0848. The Bertz CT molecular complexity index is 787. The first-order valence-electron chi connectivity index (χ1n) is 5.61. The second-order valence-corrected chi connectivity index (χ2v) is 6.15. The molecule has 0 fully saturated rings. The molecule has 21 heavy (non-hydrogen) atoms. The number of rotatable bonds is 5. The van der Waals surface area contributed by atoms with E-state index in [1.807, 2.05) is 0 Å². The molecule has 0 atom stereocenters. The van der Waals surface area contributed by atoms with E-state index in [2.05, 4.69) is 14.9 Å². The third-order valence-corrected chi connectivity index (χ3v) is 4.33. The van der Waals surface area contributed by atoms with Gasteiger partial charge in [0.25, 0.3) is 0 Å². The minimum Gasteiger partial charge on any atom is -0.478 e. The number of aromatic carboxylic acids is 1. The highest BCUT2D eigenvalue weighted by Gasteiger charge is 2.20. The Morgan fingerprint density at radius 1 is 1.48 bits per heavy atom. The van der Waals surface area contributed by atoms with Crippen LogP contribution in [-0.4, -0.2) is 29.6 Å². The highest BCUT2D eigenvalue weighted by atomic mass is 35.5. The molecule has 2 N–H and O–H groups in total. The molecule has 0 unspecified atom stereocenters. The van der Waals surface area contributed by atoms with Gasteiger partial charge in [-0.3, -0.25) is 0 Å². The van der Waals surface area contributed by atoms with Gasteiger partial charge in [0.05, 0.1) is 17.1 Å². The van der Waals surface area contributed by atoms with Crippen LogP contribution < -0.4 is 4.72 Å². The van der Waals surface area contributed by atoms with Gasteiger partial charge in [0, 0.05) is 0 Å². The zero-order valence-corrected chi connectivity index (χ0v) is 12.3. The topological polar surface area (TPSA) is 122 Å². The van der Waals surface area contributed by atoms with Crippen LogP contribution in [0.1, 0.15) is 22.1 Å². The van der Waals surface area contributed by atoms with Crippen LogP contribution in [0.15, 0.2) is 27.6 Å². The normalized spacial score (nSPS) is 11.5. The van der Waals surface area contributed by atoms with Gasteiger partial charge in [0.2, 0.25) is 15.9 Å². The van der Waals surface area contributed by atoms with Crippen molar-refractivity contribution in [2.75, 3.05) is 0 Å². The lowest BCUT2D eigenvalue weighted by atomic mass is 10.2. The molecule has 2 aromatic rings. The summed E-state index contributed by atoms with van der Waals surface area (Å²) in [6.45, 7) is 1.37. The molecular formula is C11H10ClN3O5S. The number of sulfonamides is 1. The number of carboxylic acids is 1. The number of carbonyl (C=O) groups is 1. The molecular weight excluding hydrogens is 322 g/mol. The van der Waals surface area contributed by atoms with Gasteiger partial charge in [-0.1, -0.05) is 16.8 Å². The Morgan fingerprint density at radius 2 is 2.19 bits per heavy atom. The van der Waals surface area contributed by atoms with Crippen molar-refractivity contribution >= 4 is 27.6 Å². The Morgan fingerprint density at radius 3 is 2.76 bits per heavy atom. The van der Waals surface area contributed by atoms with Crippen LogP contribution in [0.3, 0.4) is 0 Å². The van der Waals surface area contributed by atoms with E-state index >= 15 is 0 Å². The van der Waals surface area contributed by atoms with Crippen molar-refractivity contribution in [1.29, 1.82) is 0 Å². The molecule has 8 nitrogen and oxygen atoms in total. The molecule has 1 aromatic heterocycles. The number of hydrogen-bond donors (Lipinski definition) is 2. The van der Waals surface area contributed by atoms with Crippen molar-refractivity contribution in [2.45, 2.75) is 18.4 Å². The standard InChI is InChI=1S/C11H10ClN3O5S/c1-6-14-10(20-15-6)5-13-21(18,19)9-4-7(11(16)17)2-3-8(9)12/h2-4,13H,5H2,1H3,(H,16,17). The van der Waals surface area contributed by atoms with Crippen LogP contribution in [0, 0.1) is 6.92 Å². The number of aromatic nitrogens is 2. The molecule has 0 bridgehead atoms. The second kappa shape index (κ2) is 5.80. The maximum atomic E-state index is 12.1. The second-order valence-electron chi connectivity index (χ2n) is 4.01. The minimum atomic E-state index is -4.01. The fraction of sp³-hybridized carbons (Fsp3) is 0.182. The van der Waals surface area contributed by atoms with E-state index in [0.717, 1.165) is 6.07 Å². The number of benzene rings is 1. The van der Waals surface area contributed by atoms with Gasteiger partial charge < -0.3 is 9.63 Å². The van der Waals surface area contributed by atoms with Crippen LogP contribution in [-0.2, 0) is 16.6 Å². The fourth-order valence-corrected chi connectivity index (χ4v) is 2.99. The number of carboxylic acid groups (broad SMARTS) is 1. The van der Waals surface area contributed by atoms with E-state index in [-0.39, 0.29) is 27.9 Å². The molecule has 0 saturated heterocycles. The first kappa shape index (κ1) is 15.4. The zero-order valence-electron chi connectivity index (χ0n) is 10.7. The van der Waals surface area contributed by atoms with Crippen molar-refractivity contribution < 1.29 is 22.8 Å². The lowest BCUT2D eigenvalue weighted by molar-refractivity contribution is 0.0696. The molecule has 0 aliphatic heterocycles. The number of halogens is 1. The summed E-state index contributed by atoms with van der Waals surface area (Å²) >= 11 is 5.81. The molecule has 10 heteroatoms. The van der Waals surface area contributed by atoms with E-state index < -0.39 is 16.0 Å². The van der Waals surface area contributed by atoms with Gasteiger partial charge >= 0.3 is 5.97 Å². The number of nitrogens with zero attached hydrogens (tertiary/aromatic N) is 2. The average Bonchev–Trinajstić information content (AvgIpc) is 2.82. The molecule has 0 aliphatic rings. The smallest absolute Gasteiger partial charge is 0.335 e. The van der Waals surface area contributed by atoms with E-state index in [1.54, 1.807) is 6.92 Å². The van der Waals surface area contributed by atoms with Crippen LogP contribution >= 0.6 is 11.6 Å². The van der Waals surface area contributed by atoms with Crippen LogP contribution in [0.5, 0.6) is 0 Å². The van der Waals surface area contributed by atoms with E-state index in [0.29, 0.717) is 5.82 Å². The highest BCUT2D eigenvalue weighted by Crippen LogP contribution is 2.22. The average molecular weight is 332 g/mol. The van der Waals surface area contributed by atoms with Gasteiger partial charge in [-0.15, -0.1) is 0 Å². The lowest BCUT2D eigenvalue weighted by Gasteiger charge is -2.07. The van der Waals surface area contributed by atoms with Crippen molar-refractivity contribution in [3.8, 4) is 0 Å². The van der Waals surface area contributed by atoms with E-state index in [4.69, 9.17) is 21.2 Å². The molecule has 2 rings (SSSR count). The summed E-state index contributed by atoms with van der Waals surface area (Å²) in [4.78, 5) is 14.4. The molecule has 0 saturated carbocycles. The maximum absolute atomic E-state index is 12.1. The maximum Gasteiger partial charge on any atom is 0.335 e. The van der Waals surface area contributed by atoms with Crippen molar-refractivity contribution in [1.82, 2.24) is 14.9 Å². The van der Waals surface area contributed by atoms with Gasteiger partial charge in [0.1, 0.15) is 4.90 Å². The van der Waals surface area contributed by atoms with Gasteiger partial charge in [-0.05, 0) is 25.1 Å². The first-order chi connectivity index (χ1) is 9.79. The summed E-state index contributed by atoms with van der Waals surface area (Å²) < 4.78 is 31.2. The Kier molecular flexibility index (Phi) is 4.26. The molecule has 112 valence electrons. The fourth-order valence-electron chi connectivity index (χ4n) is 1.49. The molecule has 0 amide bonds. The molecule has 0 aliphatic carbocycles. The lowest BCUT2D eigenvalue weighted by Crippen LogP contribution is -2.24.